The second kappa shape index (κ2) is 4.57. The fraction of sp³-hybridized carbons (Fsp3) is 0.385. The molecule has 0 unspecified atom stereocenters. The predicted octanol–water partition coefficient (Wildman–Crippen LogP) is 2.43. The molecular formula is C13H15NO3. The highest BCUT2D eigenvalue weighted by Gasteiger charge is 2.26. The first-order chi connectivity index (χ1) is 8.09. The van der Waals surface area contributed by atoms with Crippen molar-refractivity contribution < 1.29 is 14.7 Å². The Morgan fingerprint density at radius 2 is 2.06 bits per heavy atom. The lowest BCUT2D eigenvalue weighted by Crippen LogP contribution is -2.28. The van der Waals surface area contributed by atoms with Gasteiger partial charge in [0.15, 0.2) is 0 Å². The van der Waals surface area contributed by atoms with E-state index in [2.05, 4.69) is 5.32 Å². The summed E-state index contributed by atoms with van der Waals surface area (Å²) in [5.74, 6) is -1.02. The van der Waals surface area contributed by atoms with Crippen molar-refractivity contribution in [2.75, 3.05) is 5.32 Å². The molecule has 1 saturated carbocycles. The smallest absolute Gasteiger partial charge is 0.338 e. The largest absolute Gasteiger partial charge is 0.478 e. The van der Waals surface area contributed by atoms with Gasteiger partial charge in [-0.15, -0.1) is 0 Å². The van der Waals surface area contributed by atoms with Crippen LogP contribution in [-0.2, 0) is 4.79 Å². The van der Waals surface area contributed by atoms with Crippen LogP contribution < -0.4 is 5.32 Å². The Balaban J connectivity index is 2.22. The molecule has 4 heteroatoms. The minimum Gasteiger partial charge on any atom is -0.478 e. The van der Waals surface area contributed by atoms with E-state index in [4.69, 9.17) is 5.11 Å². The van der Waals surface area contributed by atoms with Gasteiger partial charge in [0, 0.05) is 5.92 Å². The zero-order valence-corrected chi connectivity index (χ0v) is 9.69. The monoisotopic (exact) mass is 233 g/mol. The van der Waals surface area contributed by atoms with Gasteiger partial charge in [-0.25, -0.2) is 4.79 Å². The molecule has 1 aromatic rings. The summed E-state index contributed by atoms with van der Waals surface area (Å²) in [5, 5.41) is 11.8. The number of carboxylic acids is 1. The fourth-order valence-electron chi connectivity index (χ4n) is 1.96. The van der Waals surface area contributed by atoms with Crippen molar-refractivity contribution in [1.82, 2.24) is 0 Å². The van der Waals surface area contributed by atoms with Crippen LogP contribution >= 0.6 is 0 Å². The van der Waals surface area contributed by atoms with Crippen molar-refractivity contribution >= 4 is 17.6 Å². The minimum atomic E-state index is -1.01. The van der Waals surface area contributed by atoms with Crippen molar-refractivity contribution in [2.45, 2.75) is 26.2 Å². The van der Waals surface area contributed by atoms with Crippen LogP contribution in [0.3, 0.4) is 0 Å². The van der Waals surface area contributed by atoms with Gasteiger partial charge >= 0.3 is 5.97 Å². The summed E-state index contributed by atoms with van der Waals surface area (Å²) in [7, 11) is 0. The van der Waals surface area contributed by atoms with E-state index in [0.717, 1.165) is 19.3 Å². The van der Waals surface area contributed by atoms with E-state index in [0.29, 0.717) is 11.3 Å². The Kier molecular flexibility index (Phi) is 3.13. The number of hydrogen-bond acceptors (Lipinski definition) is 2. The summed E-state index contributed by atoms with van der Waals surface area (Å²) >= 11 is 0. The number of carboxylic acid groups (broad SMARTS) is 1. The lowest BCUT2D eigenvalue weighted by Gasteiger charge is -2.24. The average Bonchev–Trinajstić information content (AvgIpc) is 2.13. The van der Waals surface area contributed by atoms with Crippen LogP contribution in [0.25, 0.3) is 0 Å². The number of carbonyl (C=O) groups excluding carboxylic acids is 1. The first-order valence-electron chi connectivity index (χ1n) is 5.73. The van der Waals surface area contributed by atoms with Gasteiger partial charge in [-0.05, 0) is 31.4 Å². The normalized spacial score (nSPS) is 15.1. The quantitative estimate of drug-likeness (QED) is 0.842. The van der Waals surface area contributed by atoms with E-state index < -0.39 is 5.97 Å². The van der Waals surface area contributed by atoms with E-state index >= 15 is 0 Å². The highest BCUT2D eigenvalue weighted by Crippen LogP contribution is 2.28. The first-order valence-corrected chi connectivity index (χ1v) is 5.73. The molecule has 0 radical (unpaired) electrons. The Morgan fingerprint density at radius 3 is 2.59 bits per heavy atom. The maximum absolute atomic E-state index is 11.8. The molecule has 0 aromatic heterocycles. The number of aromatic carboxylic acids is 1. The predicted molar refractivity (Wildman–Crippen MR) is 64.1 cm³/mol. The van der Waals surface area contributed by atoms with Gasteiger partial charge in [-0.2, -0.15) is 0 Å². The van der Waals surface area contributed by atoms with E-state index in [1.807, 2.05) is 0 Å². The average molecular weight is 233 g/mol. The zero-order chi connectivity index (χ0) is 12.4. The first kappa shape index (κ1) is 11.6. The van der Waals surface area contributed by atoms with Crippen molar-refractivity contribution in [3.05, 3.63) is 29.3 Å². The third-order valence-corrected chi connectivity index (χ3v) is 3.22. The topological polar surface area (TPSA) is 66.4 Å². The summed E-state index contributed by atoms with van der Waals surface area (Å²) in [4.78, 5) is 22.9. The number of rotatable bonds is 3. The zero-order valence-electron chi connectivity index (χ0n) is 9.69. The number of carbonyl (C=O) groups is 2. The number of nitrogens with one attached hydrogen (secondary N) is 1. The van der Waals surface area contributed by atoms with Crippen LogP contribution in [0.5, 0.6) is 0 Å². The maximum atomic E-state index is 11.8. The molecule has 0 bridgehead atoms. The molecule has 1 aromatic carbocycles. The molecule has 1 aliphatic carbocycles. The number of benzene rings is 1. The van der Waals surface area contributed by atoms with Gasteiger partial charge < -0.3 is 10.4 Å². The summed E-state index contributed by atoms with van der Waals surface area (Å²) in [5.41, 5.74) is 1.23. The lowest BCUT2D eigenvalue weighted by molar-refractivity contribution is -0.122. The summed E-state index contributed by atoms with van der Waals surface area (Å²) in [6.07, 6.45) is 2.89. The molecule has 2 rings (SSSR count). The Bertz CT molecular complexity index is 464. The van der Waals surface area contributed by atoms with Gasteiger partial charge in [0.1, 0.15) is 0 Å². The molecule has 0 spiro atoms. The van der Waals surface area contributed by atoms with Crippen molar-refractivity contribution in [3.8, 4) is 0 Å². The molecule has 17 heavy (non-hydrogen) atoms. The third-order valence-electron chi connectivity index (χ3n) is 3.22. The van der Waals surface area contributed by atoms with E-state index in [9.17, 15) is 9.59 Å². The number of anilines is 1. The van der Waals surface area contributed by atoms with Crippen LogP contribution in [-0.4, -0.2) is 17.0 Å². The third kappa shape index (κ3) is 2.30. The molecule has 0 saturated heterocycles. The molecule has 90 valence electrons. The number of hydrogen-bond donors (Lipinski definition) is 2. The van der Waals surface area contributed by atoms with E-state index in [1.165, 1.54) is 0 Å². The van der Waals surface area contributed by atoms with E-state index in [-0.39, 0.29) is 17.4 Å². The molecular weight excluding hydrogens is 218 g/mol. The molecule has 0 atom stereocenters. The van der Waals surface area contributed by atoms with Gasteiger partial charge in [0.2, 0.25) is 5.91 Å². The molecule has 1 fully saturated rings. The van der Waals surface area contributed by atoms with Gasteiger partial charge in [-0.3, -0.25) is 4.79 Å². The molecule has 4 nitrogen and oxygen atoms in total. The highest BCUT2D eigenvalue weighted by molar-refractivity contribution is 6.02. The Hall–Kier alpha value is -1.84. The van der Waals surface area contributed by atoms with Crippen molar-refractivity contribution in [1.29, 1.82) is 0 Å². The van der Waals surface area contributed by atoms with Crippen LogP contribution in [0, 0.1) is 12.8 Å². The number of amides is 1. The summed E-state index contributed by atoms with van der Waals surface area (Å²) < 4.78 is 0. The minimum absolute atomic E-state index is 0.0529. The van der Waals surface area contributed by atoms with Gasteiger partial charge in [0.25, 0.3) is 0 Å². The van der Waals surface area contributed by atoms with Crippen molar-refractivity contribution in [2.24, 2.45) is 5.92 Å². The number of aryl methyl sites for hydroxylation is 1. The SMILES string of the molecule is Cc1cccc(NC(=O)C2CCC2)c1C(=O)O. The molecule has 1 amide bonds. The summed E-state index contributed by atoms with van der Waals surface area (Å²) in [6, 6.07) is 5.10. The van der Waals surface area contributed by atoms with Gasteiger partial charge in [-0.1, -0.05) is 18.6 Å². The fourth-order valence-corrected chi connectivity index (χ4v) is 1.96. The van der Waals surface area contributed by atoms with Crippen LogP contribution in [0.2, 0.25) is 0 Å². The molecule has 0 aliphatic heterocycles. The van der Waals surface area contributed by atoms with Crippen LogP contribution in [0.1, 0.15) is 35.2 Å². The lowest BCUT2D eigenvalue weighted by atomic mass is 9.84. The molecule has 2 N–H and O–H groups in total. The molecule has 0 heterocycles. The molecule has 1 aliphatic rings. The van der Waals surface area contributed by atoms with Crippen LogP contribution in [0.15, 0.2) is 18.2 Å². The Morgan fingerprint density at radius 1 is 1.35 bits per heavy atom. The van der Waals surface area contributed by atoms with Gasteiger partial charge in [0.05, 0.1) is 11.3 Å². The second-order valence-electron chi connectivity index (χ2n) is 4.42. The van der Waals surface area contributed by atoms with E-state index in [1.54, 1.807) is 25.1 Å². The summed E-state index contributed by atoms with van der Waals surface area (Å²) in [6.45, 7) is 1.72. The Labute approximate surface area is 99.6 Å². The second-order valence-corrected chi connectivity index (χ2v) is 4.42. The highest BCUT2D eigenvalue weighted by atomic mass is 16.4. The maximum Gasteiger partial charge on any atom is 0.338 e. The standard InChI is InChI=1S/C13H15NO3/c1-8-4-2-7-10(11(8)13(16)17)14-12(15)9-5-3-6-9/h2,4,7,9H,3,5-6H2,1H3,(H,14,15)(H,16,17). The van der Waals surface area contributed by atoms with Crippen LogP contribution in [0.4, 0.5) is 5.69 Å². The van der Waals surface area contributed by atoms with Crippen molar-refractivity contribution in [3.63, 3.8) is 0 Å².